The summed E-state index contributed by atoms with van der Waals surface area (Å²) >= 11 is 1.60. The Hall–Kier alpha value is -0.971. The van der Waals surface area contributed by atoms with Gasteiger partial charge >= 0.3 is 29.0 Å². The molecule has 0 aromatic rings. The SMILES string of the molecule is CSCC[C@H](N)C(=O)O.O=C1O[C@@H]([C@@H](O)CO)C(O)=C1O.[Fe+3]. The van der Waals surface area contributed by atoms with Crippen LogP contribution in [-0.4, -0.2) is 74.3 Å². The fraction of sp³-hybridized carbons (Fsp3) is 0.636. The molecule has 1 radical (unpaired) electrons. The Balaban J connectivity index is 0. The summed E-state index contributed by atoms with van der Waals surface area (Å²) in [6, 6.07) is -0.683. The van der Waals surface area contributed by atoms with Gasteiger partial charge in [-0.05, 0) is 18.4 Å². The number of aliphatic hydroxyl groups excluding tert-OH is 4. The van der Waals surface area contributed by atoms with Crippen molar-refractivity contribution in [3.05, 3.63) is 11.5 Å². The molecule has 3 atom stereocenters. The molecular weight excluding hydrogens is 362 g/mol. The van der Waals surface area contributed by atoms with Crippen molar-refractivity contribution in [1.82, 2.24) is 0 Å². The largest absolute Gasteiger partial charge is 3.00 e. The second-order valence-corrected chi connectivity index (χ2v) is 5.02. The van der Waals surface area contributed by atoms with Crippen LogP contribution in [0.1, 0.15) is 6.42 Å². The predicted molar refractivity (Wildman–Crippen MR) is 73.9 cm³/mol. The number of carboxylic acids is 1. The number of carboxylic acid groups (broad SMARTS) is 1. The number of hydrogen-bond acceptors (Lipinski definition) is 9. The number of esters is 1. The van der Waals surface area contributed by atoms with Gasteiger partial charge in [-0.2, -0.15) is 11.8 Å². The van der Waals surface area contributed by atoms with E-state index in [1.807, 2.05) is 6.26 Å². The summed E-state index contributed by atoms with van der Waals surface area (Å²) in [5.74, 6) is -2.88. The first kappa shape index (κ1) is 23.3. The third-order valence-electron chi connectivity index (χ3n) is 2.43. The third kappa shape index (κ3) is 7.34. The number of aliphatic hydroxyl groups is 4. The Bertz CT molecular complexity index is 406. The first-order chi connectivity index (χ1) is 9.76. The van der Waals surface area contributed by atoms with Gasteiger partial charge in [0, 0.05) is 0 Å². The fourth-order valence-electron chi connectivity index (χ4n) is 1.19. The van der Waals surface area contributed by atoms with Crippen LogP contribution >= 0.6 is 11.8 Å². The van der Waals surface area contributed by atoms with E-state index in [1.54, 1.807) is 11.8 Å². The predicted octanol–water partition coefficient (Wildman–Crippen LogP) is -1.26. The van der Waals surface area contributed by atoms with E-state index in [0.717, 1.165) is 5.75 Å². The van der Waals surface area contributed by atoms with Gasteiger partial charge < -0.3 is 36.0 Å². The number of aliphatic carboxylic acids is 1. The summed E-state index contributed by atoms with van der Waals surface area (Å²) in [6.45, 7) is -0.671. The molecule has 0 fully saturated rings. The molecule has 0 unspecified atom stereocenters. The number of ether oxygens (including phenoxy) is 1. The van der Waals surface area contributed by atoms with Crippen molar-refractivity contribution >= 4 is 23.7 Å². The van der Waals surface area contributed by atoms with Crippen molar-refractivity contribution in [3.63, 3.8) is 0 Å². The Kier molecular flexibility index (Phi) is 12.3. The minimum Gasteiger partial charge on any atom is -0.505 e. The Morgan fingerprint density at radius 1 is 1.45 bits per heavy atom. The van der Waals surface area contributed by atoms with Crippen LogP contribution in [0.5, 0.6) is 0 Å². The van der Waals surface area contributed by atoms with Crippen LogP contribution in [0.15, 0.2) is 11.5 Å². The molecule has 9 nitrogen and oxygen atoms in total. The van der Waals surface area contributed by atoms with Crippen LogP contribution in [0.25, 0.3) is 0 Å². The molecule has 0 amide bonds. The molecule has 127 valence electrons. The standard InChI is InChI=1S/C6H8O6.C5H11NO2S.Fe/c7-1-2(8)5-3(9)4(10)6(11)12-5;1-9-3-2-4(6)5(7)8;/h2,5,7-10H,1H2;4H,2-3,6H2,1H3,(H,7,8);/q;;+3/t2-,5-;4-;/m00./s1. The van der Waals surface area contributed by atoms with Gasteiger partial charge in [-0.15, -0.1) is 0 Å². The van der Waals surface area contributed by atoms with Gasteiger partial charge in [-0.1, -0.05) is 0 Å². The van der Waals surface area contributed by atoms with E-state index < -0.39 is 48.3 Å². The Morgan fingerprint density at radius 3 is 2.32 bits per heavy atom. The molecule has 1 rings (SSSR count). The molecule has 0 aromatic carbocycles. The van der Waals surface area contributed by atoms with Gasteiger partial charge in [0.25, 0.3) is 0 Å². The van der Waals surface area contributed by atoms with Crippen LogP contribution in [0.3, 0.4) is 0 Å². The quantitative estimate of drug-likeness (QED) is 0.241. The van der Waals surface area contributed by atoms with Crippen LogP contribution in [0.2, 0.25) is 0 Å². The Morgan fingerprint density at radius 2 is 2.00 bits per heavy atom. The van der Waals surface area contributed by atoms with Crippen molar-refractivity contribution in [2.24, 2.45) is 5.73 Å². The van der Waals surface area contributed by atoms with Crippen molar-refractivity contribution in [1.29, 1.82) is 0 Å². The zero-order chi connectivity index (χ0) is 16.6. The molecule has 0 aromatic heterocycles. The van der Waals surface area contributed by atoms with E-state index in [4.69, 9.17) is 31.3 Å². The first-order valence-corrected chi connectivity index (χ1v) is 7.24. The average molecular weight is 381 g/mol. The number of carbonyl (C=O) groups excluding carboxylic acids is 1. The maximum atomic E-state index is 10.5. The molecule has 1 aliphatic heterocycles. The number of rotatable bonds is 6. The topological polar surface area (TPSA) is 171 Å². The molecule has 0 saturated carbocycles. The smallest absolute Gasteiger partial charge is 0.505 e. The summed E-state index contributed by atoms with van der Waals surface area (Å²) in [6.07, 6.45) is -0.300. The van der Waals surface area contributed by atoms with Gasteiger partial charge in [0.2, 0.25) is 5.76 Å². The van der Waals surface area contributed by atoms with Gasteiger partial charge in [0.1, 0.15) is 12.1 Å². The summed E-state index contributed by atoms with van der Waals surface area (Å²) in [5, 5.41) is 43.3. The van der Waals surface area contributed by atoms with Crippen LogP contribution in [0.4, 0.5) is 0 Å². The molecule has 22 heavy (non-hydrogen) atoms. The van der Waals surface area contributed by atoms with Crippen molar-refractivity contribution in [3.8, 4) is 0 Å². The third-order valence-corrected chi connectivity index (χ3v) is 3.07. The average Bonchev–Trinajstić information content (AvgIpc) is 2.72. The Labute approximate surface area is 141 Å². The molecule has 1 heterocycles. The molecule has 1 aliphatic rings. The fourth-order valence-corrected chi connectivity index (χ4v) is 1.68. The summed E-state index contributed by atoms with van der Waals surface area (Å²) in [5.41, 5.74) is 5.19. The monoisotopic (exact) mass is 381 g/mol. The van der Waals surface area contributed by atoms with E-state index in [2.05, 4.69) is 4.74 Å². The van der Waals surface area contributed by atoms with Gasteiger partial charge in [0.15, 0.2) is 11.9 Å². The van der Waals surface area contributed by atoms with Crippen molar-refractivity contribution < 1.29 is 56.9 Å². The van der Waals surface area contributed by atoms with E-state index in [0.29, 0.717) is 6.42 Å². The molecule has 0 spiro atoms. The zero-order valence-electron chi connectivity index (χ0n) is 11.7. The summed E-state index contributed by atoms with van der Waals surface area (Å²) < 4.78 is 4.32. The van der Waals surface area contributed by atoms with Gasteiger partial charge in [-0.3, -0.25) is 4.79 Å². The molecule has 11 heteroatoms. The number of nitrogens with two attached hydrogens (primary N) is 1. The van der Waals surface area contributed by atoms with Crippen LogP contribution < -0.4 is 5.73 Å². The number of cyclic esters (lactones) is 1. The molecule has 0 saturated heterocycles. The minimum atomic E-state index is -1.42. The second kappa shape index (κ2) is 11.6. The zero-order valence-corrected chi connectivity index (χ0v) is 13.6. The number of hydrogen-bond donors (Lipinski definition) is 6. The van der Waals surface area contributed by atoms with E-state index >= 15 is 0 Å². The molecular formula is C11H19FeNO8S+3. The van der Waals surface area contributed by atoms with Crippen molar-refractivity contribution in [2.45, 2.75) is 24.7 Å². The number of thioether (sulfide) groups is 1. The number of carbonyl (C=O) groups is 2. The van der Waals surface area contributed by atoms with Crippen molar-refractivity contribution in [2.75, 3.05) is 18.6 Å². The van der Waals surface area contributed by atoms with Crippen LogP contribution in [0, 0.1) is 0 Å². The second-order valence-electron chi connectivity index (χ2n) is 4.04. The van der Waals surface area contributed by atoms with E-state index in [-0.39, 0.29) is 17.1 Å². The maximum Gasteiger partial charge on any atom is 3.00 e. The van der Waals surface area contributed by atoms with Gasteiger partial charge in [0.05, 0.1) is 6.61 Å². The summed E-state index contributed by atoms with van der Waals surface area (Å²) in [7, 11) is 0. The van der Waals surface area contributed by atoms with E-state index in [9.17, 15) is 9.59 Å². The molecule has 0 bridgehead atoms. The van der Waals surface area contributed by atoms with Crippen LogP contribution in [-0.2, 0) is 31.4 Å². The molecule has 0 aliphatic carbocycles. The normalized spacial score (nSPS) is 19.5. The molecule has 7 N–H and O–H groups in total. The van der Waals surface area contributed by atoms with E-state index in [1.165, 1.54) is 0 Å². The minimum absolute atomic E-state index is 0. The summed E-state index contributed by atoms with van der Waals surface area (Å²) in [4.78, 5) is 20.6. The van der Waals surface area contributed by atoms with Gasteiger partial charge in [-0.25, -0.2) is 4.79 Å². The maximum absolute atomic E-state index is 10.5. The first-order valence-electron chi connectivity index (χ1n) is 5.85.